The third-order valence-corrected chi connectivity index (χ3v) is 6.93. The second-order valence-corrected chi connectivity index (χ2v) is 9.45. The molecule has 0 saturated carbocycles. The molecule has 1 fully saturated rings. The van der Waals surface area contributed by atoms with Crippen LogP contribution in [0.5, 0.6) is 0 Å². The molecule has 3 heterocycles. The predicted octanol–water partition coefficient (Wildman–Crippen LogP) is 2.26. The molecule has 2 unspecified atom stereocenters. The third kappa shape index (κ3) is 5.21. The van der Waals surface area contributed by atoms with Crippen molar-refractivity contribution in [1.82, 2.24) is 30.9 Å². The van der Waals surface area contributed by atoms with E-state index in [0.29, 0.717) is 42.8 Å². The fraction of sp³-hybridized carbons (Fsp3) is 0.269. The summed E-state index contributed by atoms with van der Waals surface area (Å²) in [4.78, 5) is 34.6. The zero-order chi connectivity index (χ0) is 25.9. The van der Waals surface area contributed by atoms with Crippen LogP contribution in [0.15, 0.2) is 55.0 Å². The number of likely N-dealkylation sites (N-methyl/N-ethyl adjacent to an activating group) is 1. The predicted molar refractivity (Wildman–Crippen MR) is 140 cm³/mol. The van der Waals surface area contributed by atoms with Gasteiger partial charge in [-0.15, -0.1) is 0 Å². The van der Waals surface area contributed by atoms with Crippen LogP contribution in [0.1, 0.15) is 45.1 Å². The molecule has 4 N–H and O–H groups in total. The van der Waals surface area contributed by atoms with Crippen molar-refractivity contribution in [3.05, 3.63) is 88.6 Å². The van der Waals surface area contributed by atoms with E-state index in [1.165, 1.54) is 12.3 Å². The number of likely N-dealkylation sites (tertiary alicyclic amines) is 1. The Kier molecular flexibility index (Phi) is 6.95. The van der Waals surface area contributed by atoms with Crippen LogP contribution >= 0.6 is 12.2 Å². The first-order valence-corrected chi connectivity index (χ1v) is 12.4. The normalized spacial score (nSPS) is 18.3. The van der Waals surface area contributed by atoms with Gasteiger partial charge in [-0.2, -0.15) is 0 Å². The molecule has 1 aromatic carbocycles. The van der Waals surface area contributed by atoms with E-state index in [1.807, 2.05) is 12.1 Å². The number of aryl methyl sites for hydroxylation is 1. The summed E-state index contributed by atoms with van der Waals surface area (Å²) in [6.07, 6.45) is 6.82. The number of amides is 2. The second-order valence-electron chi connectivity index (χ2n) is 9.05. The van der Waals surface area contributed by atoms with Crippen LogP contribution in [0, 0.1) is 5.82 Å². The molecule has 3 aromatic rings. The van der Waals surface area contributed by atoms with Crippen molar-refractivity contribution in [2.24, 2.45) is 0 Å². The summed E-state index contributed by atoms with van der Waals surface area (Å²) in [5.74, 6) is -0.252. The number of hydrogen-bond donors (Lipinski definition) is 4. The van der Waals surface area contributed by atoms with Gasteiger partial charge in [0.1, 0.15) is 17.7 Å². The molecule has 190 valence electrons. The van der Waals surface area contributed by atoms with Gasteiger partial charge in [-0.25, -0.2) is 9.37 Å². The summed E-state index contributed by atoms with van der Waals surface area (Å²) in [6.45, 7) is 0.619. The highest BCUT2D eigenvalue weighted by molar-refractivity contribution is 7.80. The Morgan fingerprint density at radius 1 is 1.11 bits per heavy atom. The van der Waals surface area contributed by atoms with Crippen molar-refractivity contribution >= 4 is 35.0 Å². The van der Waals surface area contributed by atoms with E-state index < -0.39 is 6.04 Å². The highest BCUT2D eigenvalue weighted by Crippen LogP contribution is 2.33. The number of carbonyl (C=O) groups is 2. The highest BCUT2D eigenvalue weighted by Gasteiger charge is 2.30. The molecule has 37 heavy (non-hydrogen) atoms. The zero-order valence-electron chi connectivity index (χ0n) is 20.1. The Hall–Kier alpha value is -4.12. The van der Waals surface area contributed by atoms with Gasteiger partial charge in [0, 0.05) is 37.7 Å². The zero-order valence-corrected chi connectivity index (χ0v) is 20.9. The van der Waals surface area contributed by atoms with E-state index in [-0.39, 0.29) is 28.8 Å². The third-order valence-electron chi connectivity index (χ3n) is 6.71. The molecule has 1 saturated heterocycles. The average Bonchev–Trinajstić information content (AvgIpc) is 3.13. The van der Waals surface area contributed by atoms with Crippen molar-refractivity contribution in [3.63, 3.8) is 0 Å². The molecular weight excluding hydrogens is 493 g/mol. The number of benzene rings is 1. The fourth-order valence-electron chi connectivity index (χ4n) is 4.70. The Morgan fingerprint density at radius 2 is 1.97 bits per heavy atom. The number of pyridine rings is 2. The summed E-state index contributed by atoms with van der Waals surface area (Å²) in [5, 5.41) is 6.30. The SMILES string of the molecule is CN1CCC(NC(=O)c2ccc(NNC(=S)NC3c4cnccc4CCc4c(F)cccc43)nc2)C1=O. The van der Waals surface area contributed by atoms with E-state index in [9.17, 15) is 14.0 Å². The lowest BCUT2D eigenvalue weighted by Gasteiger charge is -2.23. The van der Waals surface area contributed by atoms with Crippen LogP contribution in [0.3, 0.4) is 0 Å². The van der Waals surface area contributed by atoms with Gasteiger partial charge in [-0.3, -0.25) is 25.4 Å². The van der Waals surface area contributed by atoms with Gasteiger partial charge in [0.2, 0.25) is 5.91 Å². The minimum Gasteiger partial charge on any atom is -0.350 e. The van der Waals surface area contributed by atoms with Gasteiger partial charge in [0.15, 0.2) is 5.11 Å². The number of halogens is 1. The van der Waals surface area contributed by atoms with Crippen molar-refractivity contribution in [3.8, 4) is 0 Å². The smallest absolute Gasteiger partial charge is 0.253 e. The van der Waals surface area contributed by atoms with E-state index in [0.717, 1.165) is 16.7 Å². The number of nitrogens with one attached hydrogen (secondary N) is 4. The van der Waals surface area contributed by atoms with Gasteiger partial charge in [-0.05, 0) is 72.4 Å². The minimum absolute atomic E-state index is 0.0951. The maximum atomic E-state index is 14.6. The number of thiocarbonyl (C=S) groups is 1. The topological polar surface area (TPSA) is 111 Å². The number of aromatic nitrogens is 2. The molecular formula is C26H26FN7O2S. The molecule has 5 rings (SSSR count). The summed E-state index contributed by atoms with van der Waals surface area (Å²) in [5.41, 5.74) is 9.66. The van der Waals surface area contributed by atoms with Crippen LogP contribution in [-0.2, 0) is 17.6 Å². The first-order chi connectivity index (χ1) is 17.9. The summed E-state index contributed by atoms with van der Waals surface area (Å²) < 4.78 is 14.6. The molecule has 0 bridgehead atoms. The quantitative estimate of drug-likeness (QED) is 0.300. The summed E-state index contributed by atoms with van der Waals surface area (Å²) >= 11 is 5.51. The van der Waals surface area contributed by atoms with Crippen LogP contribution in [-0.4, -0.2) is 51.4 Å². The first kappa shape index (κ1) is 24.6. The van der Waals surface area contributed by atoms with Crippen molar-refractivity contribution in [2.75, 3.05) is 19.0 Å². The molecule has 2 aromatic heterocycles. The van der Waals surface area contributed by atoms with Crippen LogP contribution in [0.4, 0.5) is 10.2 Å². The van der Waals surface area contributed by atoms with E-state index >= 15 is 0 Å². The Morgan fingerprint density at radius 3 is 2.73 bits per heavy atom. The van der Waals surface area contributed by atoms with Crippen molar-refractivity contribution in [1.29, 1.82) is 0 Å². The van der Waals surface area contributed by atoms with Crippen LogP contribution in [0.2, 0.25) is 0 Å². The number of hydrogen-bond acceptors (Lipinski definition) is 6. The fourth-order valence-corrected chi connectivity index (χ4v) is 4.87. The Labute approximate surface area is 218 Å². The van der Waals surface area contributed by atoms with Gasteiger partial charge < -0.3 is 15.5 Å². The lowest BCUT2D eigenvalue weighted by molar-refractivity contribution is -0.128. The maximum absolute atomic E-state index is 14.6. The molecule has 2 amide bonds. The average molecular weight is 520 g/mol. The number of carbonyl (C=O) groups excluding carboxylic acids is 2. The molecule has 0 radical (unpaired) electrons. The number of rotatable bonds is 5. The highest BCUT2D eigenvalue weighted by atomic mass is 32.1. The lowest BCUT2D eigenvalue weighted by atomic mass is 9.96. The molecule has 1 aliphatic carbocycles. The Balaban J connectivity index is 1.23. The van der Waals surface area contributed by atoms with Crippen LogP contribution in [0.25, 0.3) is 0 Å². The maximum Gasteiger partial charge on any atom is 0.253 e. The molecule has 11 heteroatoms. The number of anilines is 1. The monoisotopic (exact) mass is 519 g/mol. The van der Waals surface area contributed by atoms with E-state index in [1.54, 1.807) is 42.5 Å². The molecule has 9 nitrogen and oxygen atoms in total. The molecule has 2 aliphatic rings. The first-order valence-electron chi connectivity index (χ1n) is 11.9. The Bertz CT molecular complexity index is 1350. The van der Waals surface area contributed by atoms with Gasteiger partial charge in [0.25, 0.3) is 5.91 Å². The largest absolute Gasteiger partial charge is 0.350 e. The number of hydrazine groups is 1. The summed E-state index contributed by atoms with van der Waals surface area (Å²) in [7, 11) is 1.71. The standard InChI is InChI=1S/C26H26FN7O2S/c1-34-12-10-21(25(34)36)30-24(35)16-6-8-22(29-13-16)32-33-26(37)31-23-18-3-2-4-20(27)17(18)7-5-15-9-11-28-14-19(15)23/h2-4,6,8-9,11,13-14,21,23H,5,7,10,12H2,1H3,(H,29,32)(H,30,35)(H2,31,33,37). The lowest BCUT2D eigenvalue weighted by Crippen LogP contribution is -2.41. The van der Waals surface area contributed by atoms with Gasteiger partial charge in [-0.1, -0.05) is 12.1 Å². The number of nitrogens with zero attached hydrogens (tertiary/aromatic N) is 3. The minimum atomic E-state index is -0.511. The van der Waals surface area contributed by atoms with Gasteiger partial charge >= 0.3 is 0 Å². The second kappa shape index (κ2) is 10.5. The number of fused-ring (bicyclic) bond motifs is 2. The van der Waals surface area contributed by atoms with Crippen LogP contribution < -0.4 is 21.5 Å². The van der Waals surface area contributed by atoms with E-state index in [2.05, 4.69) is 31.5 Å². The molecule has 2 atom stereocenters. The van der Waals surface area contributed by atoms with E-state index in [4.69, 9.17) is 12.2 Å². The molecule has 0 spiro atoms. The van der Waals surface area contributed by atoms with Crippen molar-refractivity contribution in [2.45, 2.75) is 31.3 Å². The molecule has 1 aliphatic heterocycles. The summed E-state index contributed by atoms with van der Waals surface area (Å²) in [6, 6.07) is 9.37. The van der Waals surface area contributed by atoms with Crippen molar-refractivity contribution < 1.29 is 14.0 Å². The van der Waals surface area contributed by atoms with Gasteiger partial charge in [0.05, 0.1) is 11.6 Å².